The fourth-order valence-electron chi connectivity index (χ4n) is 2.88. The van der Waals surface area contributed by atoms with Crippen molar-refractivity contribution >= 4 is 41.0 Å². The highest BCUT2D eigenvalue weighted by molar-refractivity contribution is 6.30. The smallest absolute Gasteiger partial charge is 0.325 e. The lowest BCUT2D eigenvalue weighted by Crippen LogP contribution is -2.42. The molecule has 1 fully saturated rings. The molecule has 144 valence electrons. The first-order chi connectivity index (χ1) is 13.2. The van der Waals surface area contributed by atoms with E-state index >= 15 is 0 Å². The number of imide groups is 1. The van der Waals surface area contributed by atoms with Gasteiger partial charge in [-0.25, -0.2) is 4.79 Å². The molecular formula is C19H17ClN4O4. The van der Waals surface area contributed by atoms with Crippen LogP contribution in [0.5, 0.6) is 0 Å². The Morgan fingerprint density at radius 2 is 1.71 bits per heavy atom. The van der Waals surface area contributed by atoms with Crippen molar-refractivity contribution < 1.29 is 19.2 Å². The zero-order chi connectivity index (χ0) is 20.5. The lowest BCUT2D eigenvalue weighted by atomic mass is 9.92. The first-order valence-corrected chi connectivity index (χ1v) is 8.68. The van der Waals surface area contributed by atoms with Gasteiger partial charge in [0.25, 0.3) is 5.91 Å². The number of hydrogen-bond acceptors (Lipinski definition) is 4. The molecule has 1 saturated heterocycles. The maximum atomic E-state index is 12.8. The molecule has 1 unspecified atom stereocenters. The van der Waals surface area contributed by atoms with Gasteiger partial charge in [-0.3, -0.25) is 19.3 Å². The number of halogens is 1. The van der Waals surface area contributed by atoms with Crippen LogP contribution in [-0.4, -0.2) is 35.2 Å². The van der Waals surface area contributed by atoms with E-state index in [4.69, 9.17) is 17.3 Å². The van der Waals surface area contributed by atoms with Gasteiger partial charge < -0.3 is 16.4 Å². The maximum absolute atomic E-state index is 12.8. The summed E-state index contributed by atoms with van der Waals surface area (Å²) in [5.74, 6) is -1.69. The van der Waals surface area contributed by atoms with E-state index in [1.165, 1.54) is 24.3 Å². The molecule has 1 aliphatic heterocycles. The van der Waals surface area contributed by atoms with E-state index in [2.05, 4.69) is 10.6 Å². The van der Waals surface area contributed by atoms with Crippen molar-refractivity contribution in [1.82, 2.24) is 10.2 Å². The van der Waals surface area contributed by atoms with Crippen molar-refractivity contribution in [2.24, 2.45) is 5.73 Å². The number of anilines is 1. The van der Waals surface area contributed by atoms with Crippen molar-refractivity contribution in [2.75, 3.05) is 11.9 Å². The maximum Gasteiger partial charge on any atom is 0.325 e. The molecule has 0 bridgehead atoms. The van der Waals surface area contributed by atoms with E-state index in [0.29, 0.717) is 21.8 Å². The van der Waals surface area contributed by atoms with Crippen molar-refractivity contribution in [1.29, 1.82) is 0 Å². The van der Waals surface area contributed by atoms with Crippen LogP contribution in [0.1, 0.15) is 22.8 Å². The second kappa shape index (κ2) is 7.32. The minimum atomic E-state index is -1.29. The normalized spacial score (nSPS) is 18.7. The lowest BCUT2D eigenvalue weighted by molar-refractivity contribution is -0.133. The topological polar surface area (TPSA) is 122 Å². The predicted octanol–water partition coefficient (Wildman–Crippen LogP) is 1.84. The molecule has 5 amide bonds. The summed E-state index contributed by atoms with van der Waals surface area (Å²) in [6.45, 7) is 1.11. The number of hydrogen-bond donors (Lipinski definition) is 3. The number of nitrogens with two attached hydrogens (primary N) is 1. The summed E-state index contributed by atoms with van der Waals surface area (Å²) in [4.78, 5) is 49.3. The highest BCUT2D eigenvalue weighted by Crippen LogP contribution is 2.29. The van der Waals surface area contributed by atoms with Gasteiger partial charge in [-0.2, -0.15) is 0 Å². The Morgan fingerprint density at radius 3 is 2.29 bits per heavy atom. The number of benzene rings is 2. The molecule has 1 atom stereocenters. The van der Waals surface area contributed by atoms with Gasteiger partial charge in [-0.05, 0) is 48.9 Å². The summed E-state index contributed by atoms with van der Waals surface area (Å²) in [5.41, 5.74) is 5.14. The Balaban J connectivity index is 1.70. The molecule has 3 rings (SSSR count). The van der Waals surface area contributed by atoms with Crippen LogP contribution in [0.25, 0.3) is 0 Å². The number of urea groups is 1. The number of nitrogens with one attached hydrogen (secondary N) is 2. The van der Waals surface area contributed by atoms with Crippen LogP contribution in [0.2, 0.25) is 5.02 Å². The Bertz CT molecular complexity index is 959. The molecule has 0 saturated carbocycles. The first kappa shape index (κ1) is 19.4. The molecule has 0 radical (unpaired) electrons. The van der Waals surface area contributed by atoms with Crippen LogP contribution < -0.4 is 16.4 Å². The van der Waals surface area contributed by atoms with Gasteiger partial charge in [-0.15, -0.1) is 0 Å². The molecule has 2 aromatic rings. The molecule has 8 nitrogen and oxygen atoms in total. The summed E-state index contributed by atoms with van der Waals surface area (Å²) in [7, 11) is 0. The fourth-order valence-corrected chi connectivity index (χ4v) is 3.01. The van der Waals surface area contributed by atoms with Gasteiger partial charge in [0.1, 0.15) is 12.1 Å². The van der Waals surface area contributed by atoms with Gasteiger partial charge in [0.15, 0.2) is 0 Å². The molecule has 28 heavy (non-hydrogen) atoms. The average molecular weight is 401 g/mol. The number of carbonyl (C=O) groups excluding carboxylic acids is 4. The zero-order valence-electron chi connectivity index (χ0n) is 14.9. The third kappa shape index (κ3) is 3.67. The summed E-state index contributed by atoms with van der Waals surface area (Å²) in [6.07, 6.45) is 0. The van der Waals surface area contributed by atoms with E-state index < -0.39 is 35.8 Å². The molecule has 0 aromatic heterocycles. The molecule has 1 aliphatic rings. The molecule has 2 aromatic carbocycles. The highest BCUT2D eigenvalue weighted by atomic mass is 35.5. The van der Waals surface area contributed by atoms with Crippen LogP contribution in [-0.2, 0) is 15.1 Å². The predicted molar refractivity (Wildman–Crippen MR) is 103 cm³/mol. The Morgan fingerprint density at radius 1 is 1.11 bits per heavy atom. The number of rotatable bonds is 5. The van der Waals surface area contributed by atoms with E-state index in [0.717, 1.165) is 4.90 Å². The van der Waals surface area contributed by atoms with E-state index in [-0.39, 0.29) is 0 Å². The molecule has 0 aliphatic carbocycles. The van der Waals surface area contributed by atoms with Gasteiger partial charge in [-0.1, -0.05) is 23.7 Å². The fraction of sp³-hybridized carbons (Fsp3) is 0.158. The number of primary amides is 1. The average Bonchev–Trinajstić information content (AvgIpc) is 2.86. The highest BCUT2D eigenvalue weighted by Gasteiger charge is 2.49. The van der Waals surface area contributed by atoms with Gasteiger partial charge >= 0.3 is 6.03 Å². The summed E-state index contributed by atoms with van der Waals surface area (Å²) < 4.78 is 0. The van der Waals surface area contributed by atoms with E-state index in [9.17, 15) is 19.2 Å². The van der Waals surface area contributed by atoms with E-state index in [1.54, 1.807) is 31.2 Å². The zero-order valence-corrected chi connectivity index (χ0v) is 15.6. The lowest BCUT2D eigenvalue weighted by Gasteiger charge is -2.22. The molecule has 0 spiro atoms. The molecular weight excluding hydrogens is 384 g/mol. The minimum Gasteiger partial charge on any atom is -0.366 e. The summed E-state index contributed by atoms with van der Waals surface area (Å²) in [5, 5.41) is 5.69. The van der Waals surface area contributed by atoms with E-state index in [1.807, 2.05) is 0 Å². The second-order valence-electron chi connectivity index (χ2n) is 6.44. The monoisotopic (exact) mass is 400 g/mol. The summed E-state index contributed by atoms with van der Waals surface area (Å²) >= 11 is 5.87. The third-order valence-electron chi connectivity index (χ3n) is 4.45. The molecule has 1 heterocycles. The van der Waals surface area contributed by atoms with Crippen molar-refractivity contribution in [3.63, 3.8) is 0 Å². The molecule has 4 N–H and O–H groups in total. The molecule has 9 heteroatoms. The van der Waals surface area contributed by atoms with Crippen LogP contribution in [0.3, 0.4) is 0 Å². The SMILES string of the molecule is CC1(c2ccc(Cl)cc2)NC(=O)N(CC(=O)Nc2ccc(C(N)=O)cc2)C1=O. The number of nitrogens with zero attached hydrogens (tertiary/aromatic N) is 1. The Labute approximate surface area is 165 Å². The van der Waals surface area contributed by atoms with Crippen LogP contribution >= 0.6 is 11.6 Å². The van der Waals surface area contributed by atoms with Crippen LogP contribution in [0, 0.1) is 0 Å². The van der Waals surface area contributed by atoms with Crippen LogP contribution in [0.15, 0.2) is 48.5 Å². The van der Waals surface area contributed by atoms with Crippen LogP contribution in [0.4, 0.5) is 10.5 Å². The van der Waals surface area contributed by atoms with Gasteiger partial charge in [0, 0.05) is 16.3 Å². The van der Waals surface area contributed by atoms with Crippen molar-refractivity contribution in [3.8, 4) is 0 Å². The quantitative estimate of drug-likeness (QED) is 0.663. The third-order valence-corrected chi connectivity index (χ3v) is 4.70. The number of carbonyl (C=O) groups is 4. The first-order valence-electron chi connectivity index (χ1n) is 8.30. The minimum absolute atomic E-state index is 0.297. The largest absolute Gasteiger partial charge is 0.366 e. The number of amides is 5. The van der Waals surface area contributed by atoms with Crippen molar-refractivity contribution in [2.45, 2.75) is 12.5 Å². The van der Waals surface area contributed by atoms with Gasteiger partial charge in [0.2, 0.25) is 11.8 Å². The Hall–Kier alpha value is -3.39. The standard InChI is InChI=1S/C19H17ClN4O4/c1-19(12-4-6-13(20)7-5-12)17(27)24(18(28)23-19)10-15(25)22-14-8-2-11(3-9-14)16(21)26/h2-9H,10H2,1H3,(H2,21,26)(H,22,25)(H,23,28). The van der Waals surface area contributed by atoms with Gasteiger partial charge in [0.05, 0.1) is 0 Å². The van der Waals surface area contributed by atoms with Crippen molar-refractivity contribution in [3.05, 3.63) is 64.7 Å². The second-order valence-corrected chi connectivity index (χ2v) is 6.88. The Kier molecular flexibility index (Phi) is 5.06. The summed E-state index contributed by atoms with van der Waals surface area (Å²) in [6, 6.07) is 11.8.